The van der Waals surface area contributed by atoms with Crippen LogP contribution in [0.15, 0.2) is 84.9 Å². The summed E-state index contributed by atoms with van der Waals surface area (Å²) in [5.41, 5.74) is 6.72. The van der Waals surface area contributed by atoms with Gasteiger partial charge in [0.1, 0.15) is 11.5 Å². The number of carbonyl (C=O) groups is 2. The topological polar surface area (TPSA) is 76.7 Å². The molecule has 0 bridgehead atoms. The Balaban J connectivity index is 1.37. The van der Waals surface area contributed by atoms with Gasteiger partial charge in [-0.05, 0) is 35.4 Å². The number of hydrogen-bond donors (Lipinski definition) is 2. The molecule has 0 aliphatic carbocycles. The van der Waals surface area contributed by atoms with E-state index in [0.717, 1.165) is 11.1 Å². The number of para-hydroxylation sites is 1. The summed E-state index contributed by atoms with van der Waals surface area (Å²) in [5, 5.41) is 0. The van der Waals surface area contributed by atoms with Crippen molar-refractivity contribution in [1.82, 2.24) is 10.9 Å². The number of benzene rings is 3. The third kappa shape index (κ3) is 5.88. The largest absolute Gasteiger partial charge is 0.484 e. The van der Waals surface area contributed by atoms with Crippen LogP contribution in [0.3, 0.4) is 0 Å². The van der Waals surface area contributed by atoms with Gasteiger partial charge in [0.05, 0.1) is 0 Å². The van der Waals surface area contributed by atoms with Gasteiger partial charge in [0.2, 0.25) is 0 Å². The van der Waals surface area contributed by atoms with E-state index >= 15 is 0 Å². The van der Waals surface area contributed by atoms with Gasteiger partial charge < -0.3 is 9.47 Å². The number of ether oxygens (including phenoxy) is 2. The first kappa shape index (κ1) is 19.0. The van der Waals surface area contributed by atoms with Gasteiger partial charge in [-0.1, -0.05) is 60.7 Å². The Morgan fingerprint density at radius 3 is 1.54 bits per heavy atom. The van der Waals surface area contributed by atoms with Crippen LogP contribution in [0.2, 0.25) is 0 Å². The number of rotatable bonds is 7. The van der Waals surface area contributed by atoms with Gasteiger partial charge in [-0.25, -0.2) is 0 Å². The molecule has 6 heteroatoms. The maximum atomic E-state index is 11.8. The average molecular weight is 376 g/mol. The Morgan fingerprint density at radius 2 is 1.00 bits per heavy atom. The summed E-state index contributed by atoms with van der Waals surface area (Å²) < 4.78 is 10.7. The normalized spacial score (nSPS) is 10.0. The Hall–Kier alpha value is -3.80. The van der Waals surface area contributed by atoms with Gasteiger partial charge in [-0.15, -0.1) is 0 Å². The number of hydrogen-bond acceptors (Lipinski definition) is 4. The summed E-state index contributed by atoms with van der Waals surface area (Å²) in [4.78, 5) is 23.5. The molecule has 28 heavy (non-hydrogen) atoms. The summed E-state index contributed by atoms with van der Waals surface area (Å²) in [6.45, 7) is -0.420. The van der Waals surface area contributed by atoms with Crippen molar-refractivity contribution in [1.29, 1.82) is 0 Å². The van der Waals surface area contributed by atoms with Gasteiger partial charge >= 0.3 is 0 Å². The van der Waals surface area contributed by atoms with Gasteiger partial charge in [0, 0.05) is 0 Å². The van der Waals surface area contributed by atoms with Crippen molar-refractivity contribution in [2.75, 3.05) is 13.2 Å². The first-order valence-electron chi connectivity index (χ1n) is 8.74. The predicted molar refractivity (Wildman–Crippen MR) is 106 cm³/mol. The lowest BCUT2D eigenvalue weighted by atomic mass is 10.1. The monoisotopic (exact) mass is 376 g/mol. The summed E-state index contributed by atoms with van der Waals surface area (Å²) in [6, 6.07) is 26.3. The van der Waals surface area contributed by atoms with E-state index < -0.39 is 11.8 Å². The lowest BCUT2D eigenvalue weighted by Crippen LogP contribution is -2.45. The minimum Gasteiger partial charge on any atom is -0.484 e. The average Bonchev–Trinajstić information content (AvgIpc) is 2.76. The smallest absolute Gasteiger partial charge is 0.276 e. The SMILES string of the molecule is O=C(COc1ccccc1)NNC(=O)COc1ccc(-c2ccccc2)cc1. The van der Waals surface area contributed by atoms with Crippen LogP contribution in [0.25, 0.3) is 11.1 Å². The zero-order chi connectivity index (χ0) is 19.6. The molecule has 3 aromatic carbocycles. The van der Waals surface area contributed by atoms with Crippen molar-refractivity contribution in [3.05, 3.63) is 84.9 Å². The van der Waals surface area contributed by atoms with Crippen molar-refractivity contribution >= 4 is 11.8 Å². The van der Waals surface area contributed by atoms with Gasteiger partial charge in [0.25, 0.3) is 11.8 Å². The summed E-state index contributed by atoms with van der Waals surface area (Å²) in [5.74, 6) is 0.199. The van der Waals surface area contributed by atoms with Crippen LogP contribution in [0.4, 0.5) is 0 Å². The zero-order valence-electron chi connectivity index (χ0n) is 15.1. The molecule has 3 aromatic rings. The fourth-order valence-corrected chi connectivity index (χ4v) is 2.40. The minimum atomic E-state index is -0.472. The molecule has 0 saturated carbocycles. The second-order valence-electron chi connectivity index (χ2n) is 5.88. The van der Waals surface area contributed by atoms with Crippen molar-refractivity contribution in [3.63, 3.8) is 0 Å². The van der Waals surface area contributed by atoms with E-state index in [1.54, 1.807) is 36.4 Å². The number of amides is 2. The van der Waals surface area contributed by atoms with Crippen LogP contribution in [-0.4, -0.2) is 25.0 Å². The van der Waals surface area contributed by atoms with Crippen LogP contribution in [-0.2, 0) is 9.59 Å². The van der Waals surface area contributed by atoms with E-state index in [1.807, 2.05) is 48.5 Å². The maximum absolute atomic E-state index is 11.8. The van der Waals surface area contributed by atoms with E-state index in [1.165, 1.54) is 0 Å². The van der Waals surface area contributed by atoms with Crippen LogP contribution in [0, 0.1) is 0 Å². The highest BCUT2D eigenvalue weighted by Gasteiger charge is 2.07. The third-order valence-corrected chi connectivity index (χ3v) is 3.79. The highest BCUT2D eigenvalue weighted by molar-refractivity contribution is 5.83. The van der Waals surface area contributed by atoms with Crippen LogP contribution >= 0.6 is 0 Å². The lowest BCUT2D eigenvalue weighted by molar-refractivity contribution is -0.131. The van der Waals surface area contributed by atoms with Gasteiger partial charge in [-0.3, -0.25) is 20.4 Å². The molecule has 0 spiro atoms. The highest BCUT2D eigenvalue weighted by atomic mass is 16.5. The fourth-order valence-electron chi connectivity index (χ4n) is 2.40. The molecule has 0 heterocycles. The maximum Gasteiger partial charge on any atom is 0.276 e. The van der Waals surface area contributed by atoms with E-state index in [-0.39, 0.29) is 13.2 Å². The predicted octanol–water partition coefficient (Wildman–Crippen LogP) is 2.96. The summed E-state index contributed by atoms with van der Waals surface area (Å²) in [6.07, 6.45) is 0. The molecule has 2 N–H and O–H groups in total. The number of hydrazine groups is 1. The minimum absolute atomic E-state index is 0.202. The van der Waals surface area contributed by atoms with Gasteiger partial charge in [0.15, 0.2) is 13.2 Å². The lowest BCUT2D eigenvalue weighted by Gasteiger charge is -2.10. The molecule has 0 saturated heterocycles. The van der Waals surface area contributed by atoms with Crippen LogP contribution < -0.4 is 20.3 Å². The quantitative estimate of drug-likeness (QED) is 0.622. The molecule has 0 atom stereocenters. The molecular weight excluding hydrogens is 356 g/mol. The van der Waals surface area contributed by atoms with Gasteiger partial charge in [-0.2, -0.15) is 0 Å². The first-order valence-corrected chi connectivity index (χ1v) is 8.74. The molecule has 0 fully saturated rings. The molecule has 3 rings (SSSR count). The Kier molecular flexibility index (Phi) is 6.62. The van der Waals surface area contributed by atoms with E-state index in [2.05, 4.69) is 10.9 Å². The van der Waals surface area contributed by atoms with E-state index in [0.29, 0.717) is 11.5 Å². The Morgan fingerprint density at radius 1 is 0.571 bits per heavy atom. The van der Waals surface area contributed by atoms with Crippen LogP contribution in [0.1, 0.15) is 0 Å². The summed E-state index contributed by atoms with van der Waals surface area (Å²) in [7, 11) is 0. The first-order chi connectivity index (χ1) is 13.7. The number of nitrogens with one attached hydrogen (secondary N) is 2. The second kappa shape index (κ2) is 9.78. The molecule has 0 aromatic heterocycles. The van der Waals surface area contributed by atoms with Crippen molar-refractivity contribution in [2.45, 2.75) is 0 Å². The number of carbonyl (C=O) groups excluding carboxylic acids is 2. The molecular formula is C22H20N2O4. The van der Waals surface area contributed by atoms with Crippen molar-refractivity contribution < 1.29 is 19.1 Å². The zero-order valence-corrected chi connectivity index (χ0v) is 15.1. The fraction of sp³-hybridized carbons (Fsp3) is 0.0909. The molecule has 0 radical (unpaired) electrons. The molecule has 0 unspecified atom stereocenters. The van der Waals surface area contributed by atoms with Crippen molar-refractivity contribution in [2.24, 2.45) is 0 Å². The van der Waals surface area contributed by atoms with Crippen molar-refractivity contribution in [3.8, 4) is 22.6 Å². The summed E-state index contributed by atoms with van der Waals surface area (Å²) >= 11 is 0. The second-order valence-corrected chi connectivity index (χ2v) is 5.88. The highest BCUT2D eigenvalue weighted by Crippen LogP contribution is 2.21. The molecule has 0 aliphatic heterocycles. The van der Waals surface area contributed by atoms with Crippen LogP contribution in [0.5, 0.6) is 11.5 Å². The van der Waals surface area contributed by atoms with E-state index in [4.69, 9.17) is 9.47 Å². The standard InChI is InChI=1S/C22H20N2O4/c25-21(15-27-19-9-5-2-6-10-19)23-24-22(26)16-28-20-13-11-18(12-14-20)17-7-3-1-4-8-17/h1-14H,15-16H2,(H,23,25)(H,24,26). The molecule has 0 aliphatic rings. The molecule has 6 nitrogen and oxygen atoms in total. The Labute approximate surface area is 163 Å². The Bertz CT molecular complexity index is 897. The molecule has 2 amide bonds. The van der Waals surface area contributed by atoms with E-state index in [9.17, 15) is 9.59 Å². The third-order valence-electron chi connectivity index (χ3n) is 3.79. The molecule has 142 valence electrons.